The molecule has 1 heterocycles. The minimum absolute atomic E-state index is 0.0670. The Balaban J connectivity index is 2.51. The highest BCUT2D eigenvalue weighted by atomic mass is 79.9. The molecule has 0 aliphatic carbocycles. The predicted octanol–water partition coefficient (Wildman–Crippen LogP) is 1.56. The molecule has 1 unspecified atom stereocenters. The van der Waals surface area contributed by atoms with Crippen molar-refractivity contribution in [2.24, 2.45) is 0 Å². The summed E-state index contributed by atoms with van der Waals surface area (Å²) in [6.07, 6.45) is 1.83. The fraction of sp³-hybridized carbons (Fsp3) is 0.545. The summed E-state index contributed by atoms with van der Waals surface area (Å²) in [5, 5.41) is 0.952. The Morgan fingerprint density at radius 3 is 2.87 bits per heavy atom. The number of nitrogens with zero attached hydrogens (tertiary/aromatic N) is 2. The van der Waals surface area contributed by atoms with Crippen molar-refractivity contribution in [1.82, 2.24) is 9.47 Å². The highest BCUT2D eigenvalue weighted by molar-refractivity contribution is 9.09. The van der Waals surface area contributed by atoms with E-state index in [1.165, 1.54) is 0 Å². The van der Waals surface area contributed by atoms with Crippen molar-refractivity contribution in [3.05, 3.63) is 34.7 Å². The van der Waals surface area contributed by atoms with Gasteiger partial charge in [0.2, 0.25) is 0 Å². The smallest absolute Gasteiger partial charge is 0.250 e. The highest BCUT2D eigenvalue weighted by Crippen LogP contribution is 1.99. The Hall–Kier alpha value is -0.610. The number of aromatic nitrogens is 1. The van der Waals surface area contributed by atoms with E-state index in [4.69, 9.17) is 0 Å². The van der Waals surface area contributed by atoms with Crippen LogP contribution in [-0.4, -0.2) is 34.4 Å². The maximum atomic E-state index is 11.4. The lowest BCUT2D eigenvalue weighted by Gasteiger charge is -2.22. The van der Waals surface area contributed by atoms with E-state index >= 15 is 0 Å². The van der Waals surface area contributed by atoms with Gasteiger partial charge in [0.05, 0.1) is 0 Å². The number of hydrogen-bond acceptors (Lipinski definition) is 2. The standard InChI is InChI=1S/C11H17BrN2O/c1-10(9-12)13(2)7-8-14-6-4-3-5-11(14)15/h3-6,10H,7-9H2,1-2H3. The van der Waals surface area contributed by atoms with Crippen LogP contribution in [0, 0.1) is 0 Å². The zero-order chi connectivity index (χ0) is 11.3. The maximum Gasteiger partial charge on any atom is 0.250 e. The summed E-state index contributed by atoms with van der Waals surface area (Å²) in [6.45, 7) is 3.78. The molecule has 1 aromatic heterocycles. The zero-order valence-electron chi connectivity index (χ0n) is 9.19. The highest BCUT2D eigenvalue weighted by Gasteiger charge is 2.06. The molecule has 3 nitrogen and oxygen atoms in total. The fourth-order valence-electron chi connectivity index (χ4n) is 1.25. The first-order valence-corrected chi connectivity index (χ1v) is 6.19. The van der Waals surface area contributed by atoms with E-state index in [9.17, 15) is 4.79 Å². The van der Waals surface area contributed by atoms with Crippen LogP contribution in [0.5, 0.6) is 0 Å². The largest absolute Gasteiger partial charge is 0.314 e. The predicted molar refractivity (Wildman–Crippen MR) is 66.6 cm³/mol. The minimum atomic E-state index is 0.0670. The van der Waals surface area contributed by atoms with Gasteiger partial charge in [-0.15, -0.1) is 0 Å². The van der Waals surface area contributed by atoms with Crippen molar-refractivity contribution in [1.29, 1.82) is 0 Å². The van der Waals surface area contributed by atoms with E-state index in [-0.39, 0.29) is 5.56 Å². The summed E-state index contributed by atoms with van der Waals surface area (Å²) in [5.74, 6) is 0. The molecule has 4 heteroatoms. The molecule has 0 N–H and O–H groups in total. The summed E-state index contributed by atoms with van der Waals surface area (Å²) < 4.78 is 1.73. The summed E-state index contributed by atoms with van der Waals surface area (Å²) in [7, 11) is 2.07. The summed E-state index contributed by atoms with van der Waals surface area (Å²) in [5.41, 5.74) is 0.0670. The number of alkyl halides is 1. The van der Waals surface area contributed by atoms with E-state index in [0.717, 1.165) is 18.4 Å². The molecule has 1 rings (SSSR count). The zero-order valence-corrected chi connectivity index (χ0v) is 10.8. The van der Waals surface area contributed by atoms with Gasteiger partial charge in [-0.05, 0) is 20.0 Å². The Bertz CT molecular complexity index is 350. The van der Waals surface area contributed by atoms with Gasteiger partial charge < -0.3 is 9.47 Å². The maximum absolute atomic E-state index is 11.4. The molecular formula is C11H17BrN2O. The van der Waals surface area contributed by atoms with Crippen LogP contribution in [0.3, 0.4) is 0 Å². The number of pyridine rings is 1. The molecule has 0 fully saturated rings. The van der Waals surface area contributed by atoms with Crippen LogP contribution < -0.4 is 5.56 Å². The van der Waals surface area contributed by atoms with E-state index in [2.05, 4.69) is 34.8 Å². The van der Waals surface area contributed by atoms with Crippen molar-refractivity contribution in [2.75, 3.05) is 18.9 Å². The Morgan fingerprint density at radius 1 is 1.53 bits per heavy atom. The first-order chi connectivity index (χ1) is 7.15. The van der Waals surface area contributed by atoms with Crippen LogP contribution in [0.2, 0.25) is 0 Å². The van der Waals surface area contributed by atoms with Crippen molar-refractivity contribution >= 4 is 15.9 Å². The molecule has 84 valence electrons. The van der Waals surface area contributed by atoms with Gasteiger partial charge in [-0.2, -0.15) is 0 Å². The van der Waals surface area contributed by atoms with Crippen molar-refractivity contribution in [3.8, 4) is 0 Å². The van der Waals surface area contributed by atoms with Crippen LogP contribution in [0.25, 0.3) is 0 Å². The van der Waals surface area contributed by atoms with Crippen LogP contribution in [0.15, 0.2) is 29.2 Å². The number of rotatable bonds is 5. The molecule has 0 spiro atoms. The SMILES string of the molecule is CC(CBr)N(C)CCn1ccccc1=O. The first kappa shape index (κ1) is 12.5. The second-order valence-corrected chi connectivity index (χ2v) is 4.36. The Kier molecular flexibility index (Phi) is 5.05. The van der Waals surface area contributed by atoms with Crippen LogP contribution >= 0.6 is 15.9 Å². The molecule has 0 aromatic carbocycles. The average molecular weight is 273 g/mol. The molecule has 1 aromatic rings. The molecule has 0 aliphatic rings. The third kappa shape index (κ3) is 3.80. The molecule has 0 saturated carbocycles. The summed E-state index contributed by atoms with van der Waals surface area (Å²) in [4.78, 5) is 13.6. The second kappa shape index (κ2) is 6.08. The normalized spacial score (nSPS) is 13.1. The van der Waals surface area contributed by atoms with Gasteiger partial charge in [-0.3, -0.25) is 4.79 Å². The van der Waals surface area contributed by atoms with E-state index < -0.39 is 0 Å². The lowest BCUT2D eigenvalue weighted by atomic mass is 10.3. The van der Waals surface area contributed by atoms with Crippen LogP contribution in [0.1, 0.15) is 6.92 Å². The van der Waals surface area contributed by atoms with Gasteiger partial charge in [-0.25, -0.2) is 0 Å². The first-order valence-electron chi connectivity index (χ1n) is 5.07. The molecule has 0 aliphatic heterocycles. The molecule has 15 heavy (non-hydrogen) atoms. The van der Waals surface area contributed by atoms with Gasteiger partial charge in [0, 0.05) is 36.7 Å². The topological polar surface area (TPSA) is 25.2 Å². The van der Waals surface area contributed by atoms with Crippen molar-refractivity contribution < 1.29 is 0 Å². The monoisotopic (exact) mass is 272 g/mol. The molecular weight excluding hydrogens is 256 g/mol. The molecule has 0 radical (unpaired) electrons. The lowest BCUT2D eigenvalue weighted by Crippen LogP contribution is -2.34. The minimum Gasteiger partial charge on any atom is -0.314 e. The quantitative estimate of drug-likeness (QED) is 0.761. The van der Waals surface area contributed by atoms with Crippen LogP contribution in [0.4, 0.5) is 0 Å². The molecule has 0 amide bonds. The van der Waals surface area contributed by atoms with Gasteiger partial charge >= 0.3 is 0 Å². The summed E-state index contributed by atoms with van der Waals surface area (Å²) in [6, 6.07) is 5.73. The van der Waals surface area contributed by atoms with E-state index in [0.29, 0.717) is 6.04 Å². The number of likely N-dealkylation sites (N-methyl/N-ethyl adjacent to an activating group) is 1. The number of halogens is 1. The molecule has 0 bridgehead atoms. The average Bonchev–Trinajstić information content (AvgIpc) is 2.26. The fourth-order valence-corrected chi connectivity index (χ4v) is 1.74. The molecule has 1 atom stereocenters. The molecule has 0 saturated heterocycles. The van der Waals surface area contributed by atoms with Crippen molar-refractivity contribution in [3.63, 3.8) is 0 Å². The van der Waals surface area contributed by atoms with E-state index in [1.54, 1.807) is 16.7 Å². The van der Waals surface area contributed by atoms with E-state index in [1.807, 2.05) is 12.3 Å². The third-order valence-corrected chi connectivity index (χ3v) is 3.51. The summed E-state index contributed by atoms with van der Waals surface area (Å²) >= 11 is 3.45. The second-order valence-electron chi connectivity index (χ2n) is 3.72. The van der Waals surface area contributed by atoms with Crippen LogP contribution in [-0.2, 0) is 6.54 Å². The Labute approximate surface area is 98.8 Å². The van der Waals surface area contributed by atoms with Gasteiger partial charge in [-0.1, -0.05) is 22.0 Å². The van der Waals surface area contributed by atoms with Gasteiger partial charge in [0.15, 0.2) is 0 Å². The van der Waals surface area contributed by atoms with Gasteiger partial charge in [0.25, 0.3) is 5.56 Å². The lowest BCUT2D eigenvalue weighted by molar-refractivity contribution is 0.266. The van der Waals surface area contributed by atoms with Gasteiger partial charge in [0.1, 0.15) is 0 Å². The Morgan fingerprint density at radius 2 is 2.27 bits per heavy atom. The third-order valence-electron chi connectivity index (χ3n) is 2.57. The number of hydrogen-bond donors (Lipinski definition) is 0. The van der Waals surface area contributed by atoms with Crippen molar-refractivity contribution in [2.45, 2.75) is 19.5 Å².